The third kappa shape index (κ3) is 4.02. The number of ketones is 1. The lowest BCUT2D eigenvalue weighted by atomic mass is 9.89. The molecule has 0 unspecified atom stereocenters. The maximum Gasteiger partial charge on any atom is 0.341 e. The first kappa shape index (κ1) is 21.4. The van der Waals surface area contributed by atoms with Gasteiger partial charge in [-0.1, -0.05) is 78.9 Å². The largest absolute Gasteiger partial charge is 0.465 e. The molecule has 0 amide bonds. The van der Waals surface area contributed by atoms with Gasteiger partial charge in [0.15, 0.2) is 5.78 Å². The second-order valence-corrected chi connectivity index (χ2v) is 8.05. The van der Waals surface area contributed by atoms with Crippen LogP contribution in [0.2, 0.25) is 0 Å². The molecule has 1 aromatic heterocycles. The van der Waals surface area contributed by atoms with Gasteiger partial charge in [0, 0.05) is 16.7 Å². The maximum absolute atomic E-state index is 13.7. The zero-order chi connectivity index (χ0) is 23.5. The Morgan fingerprint density at radius 3 is 2.26 bits per heavy atom. The van der Waals surface area contributed by atoms with Crippen molar-refractivity contribution in [1.29, 1.82) is 0 Å². The average molecular weight is 447 g/mol. The summed E-state index contributed by atoms with van der Waals surface area (Å²) in [4.78, 5) is 26.0. The summed E-state index contributed by atoms with van der Waals surface area (Å²) < 4.78 is 10.6. The summed E-state index contributed by atoms with van der Waals surface area (Å²) in [6.45, 7) is 0. The van der Waals surface area contributed by atoms with Gasteiger partial charge in [-0.05, 0) is 46.5 Å². The summed E-state index contributed by atoms with van der Waals surface area (Å²) in [5, 5.41) is 1.80. The van der Waals surface area contributed by atoms with Crippen molar-refractivity contribution in [2.45, 2.75) is 6.42 Å². The highest BCUT2D eigenvalue weighted by atomic mass is 16.5. The Hall–Kier alpha value is -4.44. The fourth-order valence-corrected chi connectivity index (χ4v) is 4.33. The summed E-state index contributed by atoms with van der Waals surface area (Å²) in [5.74, 6) is -0.193. The minimum Gasteiger partial charge on any atom is -0.465 e. The molecule has 0 radical (unpaired) electrons. The van der Waals surface area contributed by atoms with Crippen LogP contribution in [0.25, 0.3) is 22.1 Å². The second-order valence-electron chi connectivity index (χ2n) is 8.05. The molecule has 1 heterocycles. The standard InChI is InChI=1S/C30H22O4/c1-33-30(32)25-15-16-34-29(25)24-18-23-14-8-13-22(17-20-9-4-2-5-10-20)27(23)26(19-24)28(31)21-11-6-3-7-12-21/h2-16,18-19H,17H2,1H3. The molecule has 0 aliphatic carbocycles. The molecule has 4 aromatic carbocycles. The molecule has 0 N–H and O–H groups in total. The summed E-state index contributed by atoms with van der Waals surface area (Å²) in [7, 11) is 1.33. The Bertz CT molecular complexity index is 1480. The van der Waals surface area contributed by atoms with E-state index in [0.29, 0.717) is 34.4 Å². The molecule has 4 heteroatoms. The smallest absolute Gasteiger partial charge is 0.341 e. The van der Waals surface area contributed by atoms with Crippen LogP contribution < -0.4 is 0 Å². The van der Waals surface area contributed by atoms with E-state index >= 15 is 0 Å². The molecule has 0 atom stereocenters. The number of fused-ring (bicyclic) bond motifs is 1. The predicted octanol–water partition coefficient (Wildman–Crippen LogP) is 6.71. The Kier molecular flexibility index (Phi) is 5.79. The van der Waals surface area contributed by atoms with Crippen molar-refractivity contribution in [2.75, 3.05) is 7.11 Å². The number of methoxy groups -OCH3 is 1. The van der Waals surface area contributed by atoms with Crippen molar-refractivity contribution in [3.63, 3.8) is 0 Å². The number of hydrogen-bond donors (Lipinski definition) is 0. The minimum absolute atomic E-state index is 0.0841. The van der Waals surface area contributed by atoms with E-state index in [0.717, 1.165) is 21.9 Å². The monoisotopic (exact) mass is 446 g/mol. The van der Waals surface area contributed by atoms with Crippen LogP contribution in [0.3, 0.4) is 0 Å². The molecule has 0 saturated carbocycles. The number of hydrogen-bond acceptors (Lipinski definition) is 4. The van der Waals surface area contributed by atoms with Crippen molar-refractivity contribution < 1.29 is 18.7 Å². The van der Waals surface area contributed by atoms with Crippen molar-refractivity contribution in [2.24, 2.45) is 0 Å². The van der Waals surface area contributed by atoms with Crippen LogP contribution in [0.4, 0.5) is 0 Å². The number of furan rings is 1. The lowest BCUT2D eigenvalue weighted by Gasteiger charge is -2.14. The molecule has 4 nitrogen and oxygen atoms in total. The lowest BCUT2D eigenvalue weighted by molar-refractivity contribution is 0.0601. The van der Waals surface area contributed by atoms with Crippen molar-refractivity contribution in [3.8, 4) is 11.3 Å². The summed E-state index contributed by atoms with van der Waals surface area (Å²) in [5.41, 5.74) is 4.35. The molecule has 0 aliphatic heterocycles. The van der Waals surface area contributed by atoms with Crippen LogP contribution in [0.1, 0.15) is 37.4 Å². The summed E-state index contributed by atoms with van der Waals surface area (Å²) in [6, 6.07) is 30.8. The quantitative estimate of drug-likeness (QED) is 0.215. The van der Waals surface area contributed by atoms with E-state index in [2.05, 4.69) is 18.2 Å². The zero-order valence-electron chi connectivity index (χ0n) is 18.7. The third-order valence-electron chi connectivity index (χ3n) is 5.91. The SMILES string of the molecule is COC(=O)c1ccoc1-c1cc(C(=O)c2ccccc2)c2c(Cc3ccccc3)cccc2c1. The maximum atomic E-state index is 13.7. The number of ether oxygens (including phenoxy) is 1. The van der Waals surface area contributed by atoms with E-state index in [-0.39, 0.29) is 5.78 Å². The summed E-state index contributed by atoms with van der Waals surface area (Å²) in [6.07, 6.45) is 2.15. The van der Waals surface area contributed by atoms with Crippen LogP contribution in [0, 0.1) is 0 Å². The van der Waals surface area contributed by atoms with Gasteiger partial charge in [-0.15, -0.1) is 0 Å². The normalized spacial score (nSPS) is 10.9. The van der Waals surface area contributed by atoms with Gasteiger partial charge in [-0.25, -0.2) is 4.79 Å². The molecular formula is C30H22O4. The van der Waals surface area contributed by atoms with Gasteiger partial charge >= 0.3 is 5.97 Å². The highest BCUT2D eigenvalue weighted by molar-refractivity contribution is 6.18. The molecular weight excluding hydrogens is 424 g/mol. The van der Waals surface area contributed by atoms with E-state index < -0.39 is 5.97 Å². The van der Waals surface area contributed by atoms with Gasteiger partial charge in [0.05, 0.1) is 13.4 Å². The van der Waals surface area contributed by atoms with Crippen LogP contribution in [-0.2, 0) is 11.2 Å². The van der Waals surface area contributed by atoms with Gasteiger partial charge < -0.3 is 9.15 Å². The van der Waals surface area contributed by atoms with Gasteiger partial charge in [0.2, 0.25) is 0 Å². The van der Waals surface area contributed by atoms with Crippen molar-refractivity contribution >= 4 is 22.5 Å². The van der Waals surface area contributed by atoms with Gasteiger partial charge in [-0.3, -0.25) is 4.79 Å². The third-order valence-corrected chi connectivity index (χ3v) is 5.91. The zero-order valence-corrected chi connectivity index (χ0v) is 18.7. The first-order chi connectivity index (χ1) is 16.7. The van der Waals surface area contributed by atoms with Crippen LogP contribution >= 0.6 is 0 Å². The van der Waals surface area contributed by atoms with E-state index in [9.17, 15) is 9.59 Å². The Morgan fingerprint density at radius 1 is 0.794 bits per heavy atom. The topological polar surface area (TPSA) is 56.5 Å². The highest BCUT2D eigenvalue weighted by Crippen LogP contribution is 2.34. The van der Waals surface area contributed by atoms with E-state index in [1.807, 2.05) is 72.8 Å². The Labute approximate surface area is 197 Å². The average Bonchev–Trinajstić information content (AvgIpc) is 3.38. The van der Waals surface area contributed by atoms with Crippen molar-refractivity contribution in [1.82, 2.24) is 0 Å². The molecule has 5 rings (SSSR count). The number of esters is 1. The molecule has 166 valence electrons. The fraction of sp³-hybridized carbons (Fsp3) is 0.0667. The second kappa shape index (κ2) is 9.20. The minimum atomic E-state index is -0.488. The molecule has 5 aromatic rings. The highest BCUT2D eigenvalue weighted by Gasteiger charge is 2.22. The van der Waals surface area contributed by atoms with Crippen LogP contribution in [0.15, 0.2) is 108 Å². The molecule has 0 saturated heterocycles. The predicted molar refractivity (Wildman–Crippen MR) is 132 cm³/mol. The Balaban J connectivity index is 1.74. The van der Waals surface area contributed by atoms with E-state index in [1.165, 1.54) is 13.4 Å². The number of rotatable bonds is 6. The van der Waals surface area contributed by atoms with E-state index in [1.54, 1.807) is 6.07 Å². The van der Waals surface area contributed by atoms with Gasteiger partial charge in [0.1, 0.15) is 11.3 Å². The van der Waals surface area contributed by atoms with Crippen LogP contribution in [-0.4, -0.2) is 18.9 Å². The fourth-order valence-electron chi connectivity index (χ4n) is 4.33. The summed E-state index contributed by atoms with van der Waals surface area (Å²) >= 11 is 0. The first-order valence-electron chi connectivity index (χ1n) is 11.0. The van der Waals surface area contributed by atoms with Gasteiger partial charge in [0.25, 0.3) is 0 Å². The lowest BCUT2D eigenvalue weighted by Crippen LogP contribution is -2.05. The molecule has 0 fully saturated rings. The van der Waals surface area contributed by atoms with Crippen LogP contribution in [0.5, 0.6) is 0 Å². The number of carbonyl (C=O) groups is 2. The molecule has 0 spiro atoms. The van der Waals surface area contributed by atoms with Crippen molar-refractivity contribution in [3.05, 3.63) is 131 Å². The first-order valence-corrected chi connectivity index (χ1v) is 11.0. The molecule has 0 bridgehead atoms. The molecule has 34 heavy (non-hydrogen) atoms. The molecule has 0 aliphatic rings. The van der Waals surface area contributed by atoms with Gasteiger partial charge in [-0.2, -0.15) is 0 Å². The Morgan fingerprint density at radius 2 is 1.53 bits per heavy atom. The number of benzene rings is 4. The number of carbonyl (C=O) groups excluding carboxylic acids is 2. The van der Waals surface area contributed by atoms with E-state index in [4.69, 9.17) is 9.15 Å².